The van der Waals surface area contributed by atoms with Crippen LogP contribution in [0, 0.1) is 23.7 Å². The van der Waals surface area contributed by atoms with Crippen molar-refractivity contribution in [3.05, 3.63) is 49.6 Å². The zero-order chi connectivity index (χ0) is 32.6. The summed E-state index contributed by atoms with van der Waals surface area (Å²) in [4.78, 5) is 49.1. The van der Waals surface area contributed by atoms with Gasteiger partial charge in [-0.15, -0.1) is 13.2 Å². The van der Waals surface area contributed by atoms with Crippen LogP contribution in [0.4, 0.5) is 5.69 Å². The third-order valence-electron chi connectivity index (χ3n) is 10.4. The maximum atomic E-state index is 14.8. The van der Waals surface area contributed by atoms with E-state index in [0.29, 0.717) is 37.4 Å². The molecule has 0 saturated carbocycles. The number of carbonyl (C=O) groups excluding carboxylic acids is 3. The molecule has 0 radical (unpaired) electrons. The molecule has 0 aliphatic carbocycles. The van der Waals surface area contributed by atoms with E-state index in [-0.39, 0.29) is 48.8 Å². The van der Waals surface area contributed by atoms with E-state index in [9.17, 15) is 19.5 Å². The summed E-state index contributed by atoms with van der Waals surface area (Å²) in [6.07, 6.45) is 4.51. The lowest BCUT2D eigenvalue weighted by atomic mass is 9.62. The highest BCUT2D eigenvalue weighted by molar-refractivity contribution is 6.03. The third kappa shape index (κ3) is 5.26. The van der Waals surface area contributed by atoms with Crippen molar-refractivity contribution < 1.29 is 29.0 Å². The Balaban J connectivity index is 1.87. The fraction of sp³-hybridized carbons (Fsp3) is 0.629. The van der Waals surface area contributed by atoms with Crippen LogP contribution >= 0.6 is 0 Å². The van der Waals surface area contributed by atoms with E-state index in [4.69, 9.17) is 9.47 Å². The maximum absolute atomic E-state index is 14.8. The number of aliphatic hydroxyl groups excluding tert-OH is 1. The summed E-state index contributed by atoms with van der Waals surface area (Å²) < 4.78 is 12.6. The molecule has 3 aliphatic rings. The third-order valence-corrected chi connectivity index (χ3v) is 10.4. The summed E-state index contributed by atoms with van der Waals surface area (Å²) in [5, 5.41) is 10.7. The predicted molar refractivity (Wildman–Crippen MR) is 171 cm³/mol. The molecule has 3 aliphatic heterocycles. The van der Waals surface area contributed by atoms with Crippen molar-refractivity contribution in [1.82, 2.24) is 9.80 Å². The van der Waals surface area contributed by atoms with Gasteiger partial charge in [-0.25, -0.2) is 0 Å². The molecule has 242 valence electrons. The monoisotopic (exact) mass is 609 g/mol. The Bertz CT molecular complexity index is 1250. The summed E-state index contributed by atoms with van der Waals surface area (Å²) in [5.74, 6) is -1.99. The van der Waals surface area contributed by atoms with Crippen molar-refractivity contribution in [2.24, 2.45) is 23.7 Å². The van der Waals surface area contributed by atoms with Crippen molar-refractivity contribution in [1.29, 1.82) is 0 Å². The van der Waals surface area contributed by atoms with Gasteiger partial charge >= 0.3 is 0 Å². The van der Waals surface area contributed by atoms with Crippen molar-refractivity contribution in [3.8, 4) is 5.75 Å². The second-order valence-corrected chi connectivity index (χ2v) is 13.1. The summed E-state index contributed by atoms with van der Waals surface area (Å²) in [7, 11) is 0. The summed E-state index contributed by atoms with van der Waals surface area (Å²) in [5.41, 5.74) is -1.53. The van der Waals surface area contributed by atoms with E-state index >= 15 is 0 Å². The number of benzene rings is 1. The first-order valence-electron chi connectivity index (χ1n) is 16.1. The molecule has 1 N–H and O–H groups in total. The molecule has 3 saturated heterocycles. The molecule has 44 heavy (non-hydrogen) atoms. The van der Waals surface area contributed by atoms with Gasteiger partial charge in [0.25, 0.3) is 0 Å². The number of rotatable bonds is 14. The minimum atomic E-state index is -1.21. The van der Waals surface area contributed by atoms with Crippen molar-refractivity contribution in [2.45, 2.75) is 90.6 Å². The van der Waals surface area contributed by atoms with E-state index in [1.807, 2.05) is 72.7 Å². The SMILES string of the molecule is C=CCN(C(=O)[C@H]1[C@H]2C(=O)N([C@@H](CO)[C@@H](C)CC)C(C(=O)N(CC=C)C(C)C)C23CC(C)[C@]1(C)O3)c1ccc(OCC)cc1. The summed E-state index contributed by atoms with van der Waals surface area (Å²) in [6.45, 7) is 22.2. The number of fused-ring (bicyclic) bond motifs is 1. The van der Waals surface area contributed by atoms with E-state index < -0.39 is 35.1 Å². The highest BCUT2D eigenvalue weighted by atomic mass is 16.5. The molecule has 3 amide bonds. The van der Waals surface area contributed by atoms with Crippen LogP contribution < -0.4 is 9.64 Å². The van der Waals surface area contributed by atoms with Crippen molar-refractivity contribution >= 4 is 23.4 Å². The lowest BCUT2D eigenvalue weighted by Crippen LogP contribution is -2.60. The number of likely N-dealkylation sites (tertiary alicyclic amines) is 1. The second-order valence-electron chi connectivity index (χ2n) is 13.1. The van der Waals surface area contributed by atoms with Crippen molar-refractivity contribution in [3.63, 3.8) is 0 Å². The van der Waals surface area contributed by atoms with E-state index in [1.165, 1.54) is 0 Å². The molecule has 8 atom stereocenters. The number of ether oxygens (including phenoxy) is 2. The van der Waals surface area contributed by atoms with Crippen LogP contribution in [-0.2, 0) is 19.1 Å². The van der Waals surface area contributed by atoms with E-state index in [0.717, 1.165) is 0 Å². The Labute approximate surface area is 262 Å². The Morgan fingerprint density at radius 2 is 1.77 bits per heavy atom. The van der Waals surface area contributed by atoms with Gasteiger partial charge in [-0.3, -0.25) is 14.4 Å². The molecular formula is C35H51N3O6. The lowest BCUT2D eigenvalue weighted by molar-refractivity contribution is -0.157. The highest BCUT2D eigenvalue weighted by Crippen LogP contribution is 2.66. The van der Waals surface area contributed by atoms with Crippen LogP contribution in [0.3, 0.4) is 0 Å². The smallest absolute Gasteiger partial charge is 0.248 e. The molecule has 3 heterocycles. The molecule has 2 bridgehead atoms. The minimum Gasteiger partial charge on any atom is -0.494 e. The second kappa shape index (κ2) is 13.1. The Hall–Kier alpha value is -3.17. The molecule has 3 fully saturated rings. The van der Waals surface area contributed by atoms with Gasteiger partial charge in [0.05, 0.1) is 36.7 Å². The molecule has 1 aromatic rings. The van der Waals surface area contributed by atoms with Crippen LogP contribution in [0.2, 0.25) is 0 Å². The van der Waals surface area contributed by atoms with E-state index in [2.05, 4.69) is 13.2 Å². The Morgan fingerprint density at radius 3 is 2.30 bits per heavy atom. The molecule has 9 nitrogen and oxygen atoms in total. The van der Waals surface area contributed by atoms with Gasteiger partial charge in [0.2, 0.25) is 17.7 Å². The molecule has 9 heteroatoms. The zero-order valence-electron chi connectivity index (χ0n) is 27.5. The fourth-order valence-electron chi connectivity index (χ4n) is 7.86. The van der Waals surface area contributed by atoms with E-state index in [1.54, 1.807) is 26.9 Å². The molecule has 4 rings (SSSR count). The number of aliphatic hydroxyl groups is 1. The Morgan fingerprint density at radius 1 is 1.14 bits per heavy atom. The Kier molecular flexibility index (Phi) is 10.0. The van der Waals surface area contributed by atoms with Crippen LogP contribution in [0.1, 0.15) is 61.3 Å². The first-order chi connectivity index (χ1) is 20.9. The number of hydrogen-bond acceptors (Lipinski definition) is 6. The standard InChI is InChI=1S/C35H51N3O6/c1-10-18-36(22(5)6)33(42)30-35-20-24(8)34(9,44-35)28(29(35)32(41)38(30)27(21-39)23(7)12-3)31(40)37(19-11-2)25-14-16-26(17-15-25)43-13-4/h10-11,14-17,22-24,27-30,39H,1-2,12-13,18-21H2,3-9H3/t23-,24?,27-,28+,29-,30?,34-,35?/m0/s1. The average Bonchev–Trinajstić information content (AvgIpc) is 3.51. The van der Waals surface area contributed by atoms with Gasteiger partial charge < -0.3 is 29.3 Å². The van der Waals surface area contributed by atoms with Gasteiger partial charge in [-0.2, -0.15) is 0 Å². The number of anilines is 1. The average molecular weight is 610 g/mol. The summed E-state index contributed by atoms with van der Waals surface area (Å²) in [6, 6.07) is 5.57. The van der Waals surface area contributed by atoms with Gasteiger partial charge in [0.1, 0.15) is 17.4 Å². The van der Waals surface area contributed by atoms with Crippen LogP contribution in [-0.4, -0.2) is 88.3 Å². The first kappa shape index (κ1) is 33.7. The van der Waals surface area contributed by atoms with Crippen LogP contribution in [0.15, 0.2) is 49.6 Å². The normalized spacial score (nSPS) is 30.2. The maximum Gasteiger partial charge on any atom is 0.248 e. The predicted octanol–water partition coefficient (Wildman–Crippen LogP) is 4.45. The zero-order valence-corrected chi connectivity index (χ0v) is 27.5. The molecule has 1 spiro atoms. The summed E-state index contributed by atoms with van der Waals surface area (Å²) >= 11 is 0. The topological polar surface area (TPSA) is 99.6 Å². The largest absolute Gasteiger partial charge is 0.494 e. The number of carbonyl (C=O) groups is 3. The highest BCUT2D eigenvalue weighted by Gasteiger charge is 2.80. The van der Waals surface area contributed by atoms with Crippen LogP contribution in [0.5, 0.6) is 5.75 Å². The van der Waals surface area contributed by atoms with Crippen LogP contribution in [0.25, 0.3) is 0 Å². The van der Waals surface area contributed by atoms with Gasteiger partial charge in [0, 0.05) is 24.8 Å². The first-order valence-corrected chi connectivity index (χ1v) is 16.1. The number of nitrogens with zero attached hydrogens (tertiary/aromatic N) is 3. The van der Waals surface area contributed by atoms with Gasteiger partial charge in [-0.1, -0.05) is 39.3 Å². The molecule has 0 aromatic heterocycles. The van der Waals surface area contributed by atoms with Gasteiger partial charge in [0.15, 0.2) is 0 Å². The quantitative estimate of drug-likeness (QED) is 0.313. The molecule has 1 aromatic carbocycles. The number of hydrogen-bond donors (Lipinski definition) is 1. The van der Waals surface area contributed by atoms with Gasteiger partial charge in [-0.05, 0) is 70.2 Å². The molecular weight excluding hydrogens is 558 g/mol. The fourth-order valence-corrected chi connectivity index (χ4v) is 7.86. The minimum absolute atomic E-state index is 0.0816. The molecule has 3 unspecified atom stereocenters. The lowest BCUT2D eigenvalue weighted by Gasteiger charge is -2.42. The van der Waals surface area contributed by atoms with Crippen molar-refractivity contribution in [2.75, 3.05) is 31.2 Å². The number of amides is 3.